The highest BCUT2D eigenvalue weighted by molar-refractivity contribution is 7.18. The van der Waals surface area contributed by atoms with Crippen molar-refractivity contribution in [2.75, 3.05) is 0 Å². The summed E-state index contributed by atoms with van der Waals surface area (Å²) in [5.41, 5.74) is 6.33. The van der Waals surface area contributed by atoms with Crippen molar-refractivity contribution in [2.45, 2.75) is 26.7 Å². The lowest BCUT2D eigenvalue weighted by Gasteiger charge is -2.09. The third-order valence-electron chi connectivity index (χ3n) is 4.99. The van der Waals surface area contributed by atoms with Crippen LogP contribution in [-0.2, 0) is 22.4 Å². The summed E-state index contributed by atoms with van der Waals surface area (Å²) in [7, 11) is 0. The molecule has 2 heterocycles. The van der Waals surface area contributed by atoms with Crippen LogP contribution in [0.3, 0.4) is 0 Å². The first kappa shape index (κ1) is 19.8. The maximum absolute atomic E-state index is 12.3. The Morgan fingerprint density at radius 3 is 2.50 bits per heavy atom. The maximum atomic E-state index is 12.3. The van der Waals surface area contributed by atoms with Gasteiger partial charge in [0, 0.05) is 4.88 Å². The van der Waals surface area contributed by atoms with Crippen LogP contribution >= 0.6 is 11.3 Å². The van der Waals surface area contributed by atoms with Gasteiger partial charge in [-0.2, -0.15) is 0 Å². The molecule has 4 aromatic rings. The molecule has 0 atom stereocenters. The average molecular weight is 420 g/mol. The number of benzene rings is 2. The van der Waals surface area contributed by atoms with Crippen LogP contribution in [0.1, 0.15) is 21.8 Å². The summed E-state index contributed by atoms with van der Waals surface area (Å²) in [6.07, 6.45) is -0.00779. The Bertz CT molecular complexity index is 1330. The van der Waals surface area contributed by atoms with Gasteiger partial charge in [-0.1, -0.05) is 42.5 Å². The van der Waals surface area contributed by atoms with Crippen molar-refractivity contribution in [2.24, 2.45) is 0 Å². The first-order chi connectivity index (χ1) is 14.4. The van der Waals surface area contributed by atoms with E-state index < -0.39 is 5.91 Å². The molecular formula is C22H20N4O3S. The first-order valence-electron chi connectivity index (χ1n) is 9.45. The van der Waals surface area contributed by atoms with Gasteiger partial charge in [-0.3, -0.25) is 25.2 Å². The highest BCUT2D eigenvalue weighted by atomic mass is 32.1. The summed E-state index contributed by atoms with van der Waals surface area (Å²) in [4.78, 5) is 45.5. The van der Waals surface area contributed by atoms with E-state index in [-0.39, 0.29) is 30.1 Å². The molecule has 8 heteroatoms. The molecule has 30 heavy (non-hydrogen) atoms. The topological polar surface area (TPSA) is 104 Å². The number of hydrazine groups is 1. The second-order valence-electron chi connectivity index (χ2n) is 7.06. The Hall–Kier alpha value is -3.52. The van der Waals surface area contributed by atoms with Crippen LogP contribution in [-0.4, -0.2) is 21.8 Å². The third-order valence-corrected chi connectivity index (χ3v) is 6.09. The third kappa shape index (κ3) is 3.95. The fourth-order valence-electron chi connectivity index (χ4n) is 3.38. The van der Waals surface area contributed by atoms with Crippen LogP contribution in [0.25, 0.3) is 21.0 Å². The van der Waals surface area contributed by atoms with E-state index >= 15 is 0 Å². The number of aromatic nitrogens is 2. The van der Waals surface area contributed by atoms with Crippen LogP contribution in [0.4, 0.5) is 0 Å². The summed E-state index contributed by atoms with van der Waals surface area (Å²) >= 11 is 1.42. The molecule has 0 radical (unpaired) electrons. The van der Waals surface area contributed by atoms with Gasteiger partial charge in [0.2, 0.25) is 11.8 Å². The molecule has 2 aromatic heterocycles. The van der Waals surface area contributed by atoms with Crippen molar-refractivity contribution in [1.29, 1.82) is 0 Å². The van der Waals surface area contributed by atoms with E-state index in [0.29, 0.717) is 10.2 Å². The first-order valence-corrected chi connectivity index (χ1v) is 10.3. The Kier molecular flexibility index (Phi) is 5.33. The molecule has 3 N–H and O–H groups in total. The molecule has 0 aliphatic carbocycles. The van der Waals surface area contributed by atoms with Crippen molar-refractivity contribution >= 4 is 44.1 Å². The smallest absolute Gasteiger partial charge is 0.259 e. The van der Waals surface area contributed by atoms with Crippen molar-refractivity contribution < 1.29 is 9.59 Å². The number of aromatic amines is 1. The molecule has 4 rings (SSSR count). The average Bonchev–Trinajstić information content (AvgIpc) is 3.00. The van der Waals surface area contributed by atoms with Gasteiger partial charge in [-0.05, 0) is 35.7 Å². The van der Waals surface area contributed by atoms with Gasteiger partial charge >= 0.3 is 0 Å². The fraction of sp³-hybridized carbons (Fsp3) is 0.182. The number of carbonyl (C=O) groups is 2. The van der Waals surface area contributed by atoms with Crippen molar-refractivity contribution in [3.63, 3.8) is 0 Å². The molecular weight excluding hydrogens is 400 g/mol. The van der Waals surface area contributed by atoms with Crippen LogP contribution in [0.15, 0.2) is 47.3 Å². The van der Waals surface area contributed by atoms with E-state index in [9.17, 15) is 14.4 Å². The molecule has 2 amide bonds. The number of hydrogen-bond acceptors (Lipinski definition) is 5. The molecule has 152 valence electrons. The van der Waals surface area contributed by atoms with Gasteiger partial charge in [0.25, 0.3) is 5.56 Å². The van der Waals surface area contributed by atoms with E-state index in [1.807, 2.05) is 56.3 Å². The van der Waals surface area contributed by atoms with Crippen LogP contribution in [0.5, 0.6) is 0 Å². The lowest BCUT2D eigenvalue weighted by atomic mass is 10.0. The minimum atomic E-state index is -0.464. The summed E-state index contributed by atoms with van der Waals surface area (Å²) < 4.78 is 0. The molecule has 0 spiro atoms. The van der Waals surface area contributed by atoms with Crippen molar-refractivity contribution in [3.8, 4) is 0 Å². The number of carbonyl (C=O) groups excluding carboxylic acids is 2. The number of fused-ring (bicyclic) bond motifs is 2. The van der Waals surface area contributed by atoms with Gasteiger partial charge in [0.15, 0.2) is 0 Å². The molecule has 0 saturated carbocycles. The predicted octanol–water partition coefficient (Wildman–Crippen LogP) is 2.69. The Labute approximate surface area is 176 Å². The lowest BCUT2D eigenvalue weighted by Crippen LogP contribution is -2.43. The second-order valence-corrected chi connectivity index (χ2v) is 8.27. The van der Waals surface area contributed by atoms with E-state index in [1.165, 1.54) is 11.3 Å². The highest BCUT2D eigenvalue weighted by Gasteiger charge is 2.14. The van der Waals surface area contributed by atoms with Crippen molar-refractivity contribution in [3.05, 3.63) is 74.6 Å². The largest absolute Gasteiger partial charge is 0.309 e. The van der Waals surface area contributed by atoms with Crippen LogP contribution in [0.2, 0.25) is 0 Å². The summed E-state index contributed by atoms with van der Waals surface area (Å²) in [5.74, 6) is -0.538. The number of H-pyrrole nitrogens is 1. The Balaban J connectivity index is 1.39. The number of aryl methyl sites for hydroxylation is 2. The SMILES string of the molecule is Cc1sc2nc(CC(=O)NNC(=O)Cc3cccc4ccccc34)[nH]c(=O)c2c1C. The zero-order valence-corrected chi connectivity index (χ0v) is 17.4. The number of rotatable bonds is 4. The number of nitrogens with zero attached hydrogens (tertiary/aromatic N) is 1. The molecule has 0 unspecified atom stereocenters. The van der Waals surface area contributed by atoms with E-state index in [0.717, 1.165) is 26.8 Å². The normalized spacial score (nSPS) is 11.0. The molecule has 0 aliphatic heterocycles. The van der Waals surface area contributed by atoms with E-state index in [2.05, 4.69) is 20.8 Å². The standard InChI is InChI=1S/C22H20N4O3S/c1-12-13(2)30-22-20(12)21(29)23-17(24-22)11-19(28)26-25-18(27)10-15-8-5-7-14-6-3-4-9-16(14)15/h3-9H,10-11H2,1-2H3,(H,25,27)(H,26,28)(H,23,24,29). The summed E-state index contributed by atoms with van der Waals surface area (Å²) in [6.45, 7) is 3.81. The van der Waals surface area contributed by atoms with Gasteiger partial charge in [-0.15, -0.1) is 11.3 Å². The van der Waals surface area contributed by atoms with Crippen LogP contribution < -0.4 is 16.4 Å². The number of thiophene rings is 1. The summed E-state index contributed by atoms with van der Waals surface area (Å²) in [6, 6.07) is 13.6. The highest BCUT2D eigenvalue weighted by Crippen LogP contribution is 2.25. The van der Waals surface area contributed by atoms with Crippen LogP contribution in [0, 0.1) is 13.8 Å². The van der Waals surface area contributed by atoms with Gasteiger partial charge < -0.3 is 4.98 Å². The quantitative estimate of drug-likeness (QED) is 0.442. The van der Waals surface area contributed by atoms with Gasteiger partial charge in [0.05, 0.1) is 18.2 Å². The monoisotopic (exact) mass is 420 g/mol. The molecule has 7 nitrogen and oxygen atoms in total. The number of hydrogen-bond donors (Lipinski definition) is 3. The molecule has 0 aliphatic rings. The zero-order valence-electron chi connectivity index (χ0n) is 16.5. The number of nitrogens with one attached hydrogen (secondary N) is 3. The fourth-order valence-corrected chi connectivity index (χ4v) is 4.43. The minimum absolute atomic E-state index is 0.135. The summed E-state index contributed by atoms with van der Waals surface area (Å²) in [5, 5.41) is 2.61. The minimum Gasteiger partial charge on any atom is -0.309 e. The molecule has 2 aromatic carbocycles. The van der Waals surface area contributed by atoms with Gasteiger partial charge in [-0.25, -0.2) is 4.98 Å². The predicted molar refractivity (Wildman–Crippen MR) is 117 cm³/mol. The Morgan fingerprint density at radius 1 is 1.00 bits per heavy atom. The Morgan fingerprint density at radius 2 is 1.70 bits per heavy atom. The second kappa shape index (κ2) is 8.08. The van der Waals surface area contributed by atoms with Crippen molar-refractivity contribution in [1.82, 2.24) is 20.8 Å². The molecule has 0 saturated heterocycles. The molecule has 0 fully saturated rings. The number of amides is 2. The molecule has 0 bridgehead atoms. The van der Waals surface area contributed by atoms with E-state index in [1.54, 1.807) is 0 Å². The van der Waals surface area contributed by atoms with E-state index in [4.69, 9.17) is 0 Å². The van der Waals surface area contributed by atoms with Gasteiger partial charge in [0.1, 0.15) is 10.7 Å². The zero-order chi connectivity index (χ0) is 21.3. The maximum Gasteiger partial charge on any atom is 0.259 e. The lowest BCUT2D eigenvalue weighted by molar-refractivity contribution is -0.128.